The van der Waals surface area contributed by atoms with E-state index in [0.717, 1.165) is 40.3 Å². The van der Waals surface area contributed by atoms with Gasteiger partial charge in [0.25, 0.3) is 5.92 Å². The largest absolute Gasteiger partial charge is 0.573 e. The van der Waals surface area contributed by atoms with Crippen LogP contribution in [0.2, 0.25) is 0 Å². The second kappa shape index (κ2) is 12.2. The minimum Gasteiger partial charge on any atom is -0.406 e. The van der Waals surface area contributed by atoms with Gasteiger partial charge in [0.15, 0.2) is 0 Å². The molecule has 2 aromatic carbocycles. The zero-order valence-corrected chi connectivity index (χ0v) is 24.5. The number of hydrogen-bond acceptors (Lipinski definition) is 10. The highest BCUT2D eigenvalue weighted by molar-refractivity contribution is 7.89. The van der Waals surface area contributed by atoms with Crippen molar-refractivity contribution >= 4 is 44.8 Å². The lowest BCUT2D eigenvalue weighted by atomic mass is 10.0. The Morgan fingerprint density at radius 2 is 1.70 bits per heavy atom. The molecule has 3 heterocycles. The molecule has 0 unspecified atom stereocenters. The Bertz CT molecular complexity index is 1740. The molecule has 4 aromatic rings. The smallest absolute Gasteiger partial charge is 0.406 e. The van der Waals surface area contributed by atoms with Crippen LogP contribution in [0.15, 0.2) is 59.6 Å². The third-order valence-corrected chi connectivity index (χ3v) is 9.32. The summed E-state index contributed by atoms with van der Waals surface area (Å²) in [6.07, 6.45) is -3.91. The third-order valence-electron chi connectivity index (χ3n) is 6.89. The SMILES string of the molecule is CCC(F)(F)c1ccc(CNC(=O)[C@H]2CN(c3cnc4nsnc4n3)CCN2S(=O)(=O)c2ccc(OC(F)(F)F)cc2)cc1. The molecule has 44 heavy (non-hydrogen) atoms. The molecule has 1 aliphatic heterocycles. The molecule has 11 nitrogen and oxygen atoms in total. The molecular formula is C26H24F5N7O4S2. The topological polar surface area (TPSA) is 131 Å². The fourth-order valence-corrected chi connectivity index (χ4v) is 6.56. The van der Waals surface area contributed by atoms with Crippen LogP contribution in [0.4, 0.5) is 27.8 Å². The van der Waals surface area contributed by atoms with Crippen LogP contribution < -0.4 is 15.0 Å². The molecule has 0 radical (unpaired) electrons. The van der Waals surface area contributed by atoms with Crippen molar-refractivity contribution in [3.8, 4) is 5.75 Å². The number of piperazine rings is 1. The number of aromatic nitrogens is 4. The van der Waals surface area contributed by atoms with Crippen molar-refractivity contribution in [1.29, 1.82) is 0 Å². The Hall–Kier alpha value is -4.03. The highest BCUT2D eigenvalue weighted by Crippen LogP contribution is 2.31. The number of anilines is 1. The van der Waals surface area contributed by atoms with Gasteiger partial charge in [0.2, 0.25) is 27.2 Å². The number of benzene rings is 2. The average Bonchev–Trinajstić information content (AvgIpc) is 3.47. The fraction of sp³-hybridized carbons (Fsp3) is 0.346. The first-order valence-electron chi connectivity index (χ1n) is 13.1. The highest BCUT2D eigenvalue weighted by Gasteiger charge is 2.41. The van der Waals surface area contributed by atoms with Gasteiger partial charge in [0.1, 0.15) is 17.6 Å². The van der Waals surface area contributed by atoms with E-state index in [2.05, 4.69) is 28.8 Å². The number of amides is 1. The molecule has 1 amide bonds. The molecule has 1 saturated heterocycles. The van der Waals surface area contributed by atoms with Crippen LogP contribution in [-0.2, 0) is 27.3 Å². The Morgan fingerprint density at radius 1 is 1.02 bits per heavy atom. The molecule has 0 bridgehead atoms. The van der Waals surface area contributed by atoms with E-state index < -0.39 is 40.0 Å². The van der Waals surface area contributed by atoms with Crippen LogP contribution in [0, 0.1) is 0 Å². The van der Waals surface area contributed by atoms with Gasteiger partial charge in [0, 0.05) is 38.2 Å². The molecule has 0 aliphatic carbocycles. The molecule has 1 aliphatic rings. The molecule has 5 rings (SSSR count). The maximum Gasteiger partial charge on any atom is 0.573 e. The van der Waals surface area contributed by atoms with Crippen LogP contribution >= 0.6 is 11.7 Å². The first-order valence-corrected chi connectivity index (χ1v) is 15.3. The number of nitrogens with one attached hydrogen (secondary N) is 1. The zero-order chi connectivity index (χ0) is 31.7. The number of fused-ring (bicyclic) bond motifs is 1. The average molecular weight is 658 g/mol. The summed E-state index contributed by atoms with van der Waals surface area (Å²) >= 11 is 0.919. The van der Waals surface area contributed by atoms with Crippen LogP contribution in [0.25, 0.3) is 11.3 Å². The van der Waals surface area contributed by atoms with Crippen molar-refractivity contribution in [3.63, 3.8) is 0 Å². The normalized spacial score (nSPS) is 16.7. The number of nitrogens with zero attached hydrogens (tertiary/aromatic N) is 6. The van der Waals surface area contributed by atoms with Gasteiger partial charge >= 0.3 is 6.36 Å². The fourth-order valence-electron chi connectivity index (χ4n) is 4.54. The summed E-state index contributed by atoms with van der Waals surface area (Å²) in [5, 5.41) is 2.67. The van der Waals surface area contributed by atoms with E-state index in [4.69, 9.17) is 0 Å². The van der Waals surface area contributed by atoms with Gasteiger partial charge in [-0.25, -0.2) is 27.2 Å². The molecule has 1 fully saturated rings. The van der Waals surface area contributed by atoms with Gasteiger partial charge in [-0.05, 0) is 29.8 Å². The second-order valence-electron chi connectivity index (χ2n) is 9.71. The van der Waals surface area contributed by atoms with E-state index in [-0.39, 0.29) is 48.7 Å². The standard InChI is InChI=1S/C26H24F5N7O4S2/c1-2-25(27,28)17-5-3-16(4-6-17)13-33-24(39)20-15-37(21-14-32-22-23(34-21)36-43-35-22)11-12-38(20)44(40,41)19-9-7-18(8-10-19)42-26(29,30)31/h3-10,14,20H,2,11-13,15H2,1H3,(H,33,39)/t20-/m1/s1. The second-order valence-corrected chi connectivity index (χ2v) is 12.1. The summed E-state index contributed by atoms with van der Waals surface area (Å²) < 4.78 is 106. The predicted molar refractivity (Wildman–Crippen MR) is 148 cm³/mol. The quantitative estimate of drug-likeness (QED) is 0.265. The highest BCUT2D eigenvalue weighted by atomic mass is 32.2. The minimum absolute atomic E-state index is 0.0824. The van der Waals surface area contributed by atoms with E-state index >= 15 is 0 Å². The molecule has 1 N–H and O–H groups in total. The van der Waals surface area contributed by atoms with Gasteiger partial charge < -0.3 is 15.0 Å². The Morgan fingerprint density at radius 3 is 2.36 bits per heavy atom. The minimum atomic E-state index is -4.96. The van der Waals surface area contributed by atoms with Crippen molar-refractivity contribution in [2.45, 2.75) is 43.1 Å². The monoisotopic (exact) mass is 657 g/mol. The van der Waals surface area contributed by atoms with Crippen LogP contribution in [-0.4, -0.2) is 69.4 Å². The number of ether oxygens (including phenoxy) is 1. The number of sulfonamides is 1. The predicted octanol–water partition coefficient (Wildman–Crippen LogP) is 4.08. The molecule has 18 heteroatoms. The zero-order valence-electron chi connectivity index (χ0n) is 22.8. The van der Waals surface area contributed by atoms with Crippen molar-refractivity contribution in [2.24, 2.45) is 0 Å². The Kier molecular flexibility index (Phi) is 8.68. The summed E-state index contributed by atoms with van der Waals surface area (Å²) in [6.45, 7) is 1.05. The summed E-state index contributed by atoms with van der Waals surface area (Å²) in [7, 11) is -4.39. The summed E-state index contributed by atoms with van der Waals surface area (Å²) in [5.41, 5.74) is 0.940. The van der Waals surface area contributed by atoms with E-state index in [1.54, 1.807) is 4.90 Å². The van der Waals surface area contributed by atoms with Gasteiger partial charge in [-0.1, -0.05) is 31.2 Å². The maximum absolute atomic E-state index is 14.0. The molecule has 234 valence electrons. The lowest BCUT2D eigenvalue weighted by Crippen LogP contribution is -2.60. The first kappa shape index (κ1) is 31.4. The van der Waals surface area contributed by atoms with E-state index in [1.807, 2.05) is 0 Å². The number of hydrogen-bond donors (Lipinski definition) is 1. The van der Waals surface area contributed by atoms with Crippen molar-refractivity contribution in [2.75, 3.05) is 24.5 Å². The Labute approximate surface area is 252 Å². The first-order chi connectivity index (χ1) is 20.8. The molecule has 0 saturated carbocycles. The van der Waals surface area contributed by atoms with Crippen molar-refractivity contribution in [1.82, 2.24) is 28.3 Å². The van der Waals surface area contributed by atoms with E-state index in [0.29, 0.717) is 17.0 Å². The molecular weight excluding hydrogens is 633 g/mol. The third kappa shape index (κ3) is 6.86. The van der Waals surface area contributed by atoms with Gasteiger partial charge in [-0.15, -0.1) is 13.2 Å². The van der Waals surface area contributed by atoms with Crippen LogP contribution in [0.5, 0.6) is 5.75 Å². The number of halogens is 5. The maximum atomic E-state index is 14.0. The van der Waals surface area contributed by atoms with E-state index in [1.165, 1.54) is 37.4 Å². The summed E-state index contributed by atoms with van der Waals surface area (Å²) in [6, 6.07) is 7.75. The number of carbonyl (C=O) groups is 1. The van der Waals surface area contributed by atoms with Gasteiger partial charge in [-0.2, -0.15) is 13.1 Å². The lowest BCUT2D eigenvalue weighted by Gasteiger charge is -2.40. The molecule has 2 aromatic heterocycles. The number of rotatable bonds is 9. The van der Waals surface area contributed by atoms with Crippen LogP contribution in [0.3, 0.4) is 0 Å². The van der Waals surface area contributed by atoms with Gasteiger partial charge in [0.05, 0.1) is 22.8 Å². The number of carbonyl (C=O) groups excluding carboxylic acids is 1. The lowest BCUT2D eigenvalue weighted by molar-refractivity contribution is -0.274. The molecule has 0 spiro atoms. The van der Waals surface area contributed by atoms with Crippen LogP contribution in [0.1, 0.15) is 24.5 Å². The van der Waals surface area contributed by atoms with Crippen molar-refractivity contribution in [3.05, 3.63) is 65.9 Å². The van der Waals surface area contributed by atoms with E-state index in [9.17, 15) is 35.2 Å². The Balaban J connectivity index is 1.39. The summed E-state index contributed by atoms with van der Waals surface area (Å²) in [4.78, 5) is 23.4. The molecule has 1 atom stereocenters. The van der Waals surface area contributed by atoms with Gasteiger partial charge in [-0.3, -0.25) is 4.79 Å². The number of alkyl halides is 5. The summed E-state index contributed by atoms with van der Waals surface area (Å²) in [5.74, 6) is -3.97. The van der Waals surface area contributed by atoms with Crippen molar-refractivity contribution < 1.29 is 39.9 Å².